The molecule has 2 amide bonds. The number of amides is 2. The molecule has 2 heterocycles. The molecule has 0 fully saturated rings. The standard InChI is InChI=1S/C15H13N3O5S/c1-22-8-4-7(10(24)5-9(8)23-2)18-11(19)3-6-12(13(18)16)15(21)17-14(6)20/h3-5,24H,16H2,1-2H3,(H,17,20,21). The molecular formula is C15H13N3O5S. The van der Waals surface area contributed by atoms with Crippen LogP contribution in [0.2, 0.25) is 0 Å². The van der Waals surface area contributed by atoms with Crippen molar-refractivity contribution in [1.82, 2.24) is 9.88 Å². The van der Waals surface area contributed by atoms with Gasteiger partial charge in [0, 0.05) is 17.0 Å². The minimum Gasteiger partial charge on any atom is -0.493 e. The number of hydrogen-bond acceptors (Lipinski definition) is 7. The highest BCUT2D eigenvalue weighted by Crippen LogP contribution is 2.35. The molecule has 0 saturated carbocycles. The number of hydrogen-bond donors (Lipinski definition) is 3. The zero-order chi connectivity index (χ0) is 17.6. The first-order valence-corrected chi connectivity index (χ1v) is 7.20. The SMILES string of the molecule is COc1cc(S)c(-n2c(N)c3c(cc2=O)C(=O)NC3=O)cc1OC. The van der Waals surface area contributed by atoms with Crippen LogP contribution >= 0.6 is 12.6 Å². The number of ether oxygens (including phenoxy) is 2. The number of nitrogens with two attached hydrogens (primary N) is 1. The molecule has 124 valence electrons. The van der Waals surface area contributed by atoms with Gasteiger partial charge in [0.2, 0.25) is 0 Å². The number of anilines is 1. The molecule has 3 N–H and O–H groups in total. The molecule has 0 aliphatic carbocycles. The fourth-order valence-electron chi connectivity index (χ4n) is 2.56. The van der Waals surface area contributed by atoms with Crippen molar-refractivity contribution >= 4 is 30.3 Å². The number of fused-ring (bicyclic) bond motifs is 1. The molecule has 0 unspecified atom stereocenters. The Morgan fingerprint density at radius 1 is 1.04 bits per heavy atom. The second-order valence-corrected chi connectivity index (χ2v) is 5.45. The molecular weight excluding hydrogens is 334 g/mol. The molecule has 0 saturated heterocycles. The number of methoxy groups -OCH3 is 2. The van der Waals surface area contributed by atoms with Crippen molar-refractivity contribution in [2.45, 2.75) is 4.90 Å². The van der Waals surface area contributed by atoms with Crippen molar-refractivity contribution in [3.8, 4) is 17.2 Å². The van der Waals surface area contributed by atoms with Crippen molar-refractivity contribution in [1.29, 1.82) is 0 Å². The second kappa shape index (κ2) is 5.60. The third-order valence-corrected chi connectivity index (χ3v) is 4.03. The Hall–Kier alpha value is -2.94. The maximum Gasteiger partial charge on any atom is 0.262 e. The summed E-state index contributed by atoms with van der Waals surface area (Å²) in [5.74, 6) is -0.667. The van der Waals surface area contributed by atoms with Crippen LogP contribution in [-0.2, 0) is 0 Å². The Balaban J connectivity index is 2.33. The van der Waals surface area contributed by atoms with Crippen LogP contribution in [0.5, 0.6) is 11.5 Å². The normalized spacial score (nSPS) is 12.8. The number of carbonyl (C=O) groups excluding carboxylic acids is 2. The molecule has 0 radical (unpaired) electrons. The van der Waals surface area contributed by atoms with Gasteiger partial charge in [0.05, 0.1) is 31.0 Å². The highest BCUT2D eigenvalue weighted by atomic mass is 32.1. The lowest BCUT2D eigenvalue weighted by Gasteiger charge is -2.16. The second-order valence-electron chi connectivity index (χ2n) is 4.97. The topological polar surface area (TPSA) is 113 Å². The van der Waals surface area contributed by atoms with E-state index in [0.717, 1.165) is 10.6 Å². The van der Waals surface area contributed by atoms with Gasteiger partial charge in [0.1, 0.15) is 5.82 Å². The van der Waals surface area contributed by atoms with Crippen molar-refractivity contribution in [2.24, 2.45) is 0 Å². The predicted octanol–water partition coefficient (Wildman–Crippen LogP) is 0.609. The van der Waals surface area contributed by atoms with Crippen LogP contribution in [0.3, 0.4) is 0 Å². The van der Waals surface area contributed by atoms with E-state index in [4.69, 9.17) is 15.2 Å². The van der Waals surface area contributed by atoms with Gasteiger partial charge in [0.15, 0.2) is 11.5 Å². The van der Waals surface area contributed by atoms with Crippen LogP contribution in [-0.4, -0.2) is 30.6 Å². The lowest BCUT2D eigenvalue weighted by molar-refractivity contribution is 0.0880. The number of rotatable bonds is 3. The van der Waals surface area contributed by atoms with Crippen molar-refractivity contribution in [3.63, 3.8) is 0 Å². The average molecular weight is 347 g/mol. The average Bonchev–Trinajstić information content (AvgIpc) is 2.82. The van der Waals surface area contributed by atoms with E-state index < -0.39 is 17.4 Å². The lowest BCUT2D eigenvalue weighted by Crippen LogP contribution is -2.24. The number of pyridine rings is 1. The summed E-state index contributed by atoms with van der Waals surface area (Å²) < 4.78 is 11.5. The van der Waals surface area contributed by atoms with Crippen molar-refractivity contribution in [3.05, 3.63) is 39.7 Å². The van der Waals surface area contributed by atoms with Gasteiger partial charge in [0.25, 0.3) is 17.4 Å². The predicted molar refractivity (Wildman–Crippen MR) is 88.6 cm³/mol. The summed E-state index contributed by atoms with van der Waals surface area (Å²) in [6.07, 6.45) is 0. The number of benzene rings is 1. The summed E-state index contributed by atoms with van der Waals surface area (Å²) in [4.78, 5) is 36.4. The largest absolute Gasteiger partial charge is 0.493 e. The van der Waals surface area contributed by atoms with E-state index in [1.807, 2.05) is 0 Å². The Labute approximate surface area is 141 Å². The molecule has 8 nitrogen and oxygen atoms in total. The maximum absolute atomic E-state index is 12.4. The molecule has 3 rings (SSSR count). The number of nitrogens with one attached hydrogen (secondary N) is 1. The Bertz CT molecular complexity index is 951. The minimum atomic E-state index is -0.651. The molecule has 1 aromatic heterocycles. The molecule has 1 aliphatic rings. The molecule has 0 atom stereocenters. The highest BCUT2D eigenvalue weighted by Gasteiger charge is 2.32. The summed E-state index contributed by atoms with van der Waals surface area (Å²) in [7, 11) is 2.91. The maximum atomic E-state index is 12.4. The zero-order valence-corrected chi connectivity index (χ0v) is 13.6. The van der Waals surface area contributed by atoms with Crippen LogP contribution in [0.15, 0.2) is 27.9 Å². The smallest absolute Gasteiger partial charge is 0.262 e. The number of nitrogen functional groups attached to an aromatic ring is 1. The number of aromatic nitrogens is 1. The van der Waals surface area contributed by atoms with E-state index in [-0.39, 0.29) is 16.9 Å². The van der Waals surface area contributed by atoms with Crippen molar-refractivity contribution in [2.75, 3.05) is 20.0 Å². The van der Waals surface area contributed by atoms with E-state index in [2.05, 4.69) is 17.9 Å². The summed E-state index contributed by atoms with van der Waals surface area (Å²) >= 11 is 4.34. The van der Waals surface area contributed by atoms with Gasteiger partial charge < -0.3 is 15.2 Å². The van der Waals surface area contributed by atoms with Crippen LogP contribution in [0.25, 0.3) is 5.69 Å². The monoisotopic (exact) mass is 347 g/mol. The van der Waals surface area contributed by atoms with Crippen LogP contribution < -0.4 is 26.1 Å². The summed E-state index contributed by atoms with van der Waals surface area (Å²) in [5, 5.41) is 2.11. The third kappa shape index (κ3) is 2.21. The molecule has 2 aromatic rings. The third-order valence-electron chi connectivity index (χ3n) is 3.67. The number of nitrogens with zero attached hydrogens (tertiary/aromatic N) is 1. The van der Waals surface area contributed by atoms with E-state index in [9.17, 15) is 14.4 Å². The number of imide groups is 1. The Morgan fingerprint density at radius 3 is 2.29 bits per heavy atom. The summed E-state index contributed by atoms with van der Waals surface area (Å²) in [6.45, 7) is 0. The fourth-order valence-corrected chi connectivity index (χ4v) is 2.85. The van der Waals surface area contributed by atoms with E-state index in [1.54, 1.807) is 6.07 Å². The van der Waals surface area contributed by atoms with E-state index >= 15 is 0 Å². The molecule has 9 heteroatoms. The van der Waals surface area contributed by atoms with Crippen LogP contribution in [0, 0.1) is 0 Å². The van der Waals surface area contributed by atoms with Crippen LogP contribution in [0.1, 0.15) is 20.7 Å². The van der Waals surface area contributed by atoms with Gasteiger partial charge in [-0.05, 0) is 6.07 Å². The fraction of sp³-hybridized carbons (Fsp3) is 0.133. The number of thiol groups is 1. The number of carbonyl (C=O) groups is 2. The highest BCUT2D eigenvalue weighted by molar-refractivity contribution is 7.80. The van der Waals surface area contributed by atoms with E-state index in [1.165, 1.54) is 20.3 Å². The first-order valence-electron chi connectivity index (χ1n) is 6.75. The quantitative estimate of drug-likeness (QED) is 0.554. The Kier molecular flexibility index (Phi) is 3.72. The summed E-state index contributed by atoms with van der Waals surface area (Å²) in [6, 6.07) is 4.14. The van der Waals surface area contributed by atoms with Gasteiger partial charge in [-0.15, -0.1) is 12.6 Å². The van der Waals surface area contributed by atoms with Gasteiger partial charge >= 0.3 is 0 Å². The van der Waals surface area contributed by atoms with Crippen molar-refractivity contribution < 1.29 is 19.1 Å². The molecule has 1 aliphatic heterocycles. The zero-order valence-electron chi connectivity index (χ0n) is 12.7. The van der Waals surface area contributed by atoms with Gasteiger partial charge in [-0.1, -0.05) is 0 Å². The molecule has 1 aromatic carbocycles. The molecule has 24 heavy (non-hydrogen) atoms. The lowest BCUT2D eigenvalue weighted by atomic mass is 10.1. The van der Waals surface area contributed by atoms with Gasteiger partial charge in [-0.2, -0.15) is 0 Å². The van der Waals surface area contributed by atoms with Gasteiger partial charge in [-0.25, -0.2) is 0 Å². The first kappa shape index (κ1) is 15.9. The molecule has 0 bridgehead atoms. The van der Waals surface area contributed by atoms with E-state index in [0.29, 0.717) is 22.1 Å². The summed E-state index contributed by atoms with van der Waals surface area (Å²) in [5.41, 5.74) is 5.64. The van der Waals surface area contributed by atoms with Gasteiger partial charge in [-0.3, -0.25) is 24.3 Å². The Morgan fingerprint density at radius 2 is 1.67 bits per heavy atom. The first-order chi connectivity index (χ1) is 11.4. The molecule has 0 spiro atoms. The van der Waals surface area contributed by atoms with Crippen LogP contribution in [0.4, 0.5) is 5.82 Å². The minimum absolute atomic E-state index is 0.0397.